The van der Waals surface area contributed by atoms with Gasteiger partial charge in [0.05, 0.1) is 11.5 Å². The first-order valence-electron chi connectivity index (χ1n) is 9.95. The van der Waals surface area contributed by atoms with E-state index in [1.54, 1.807) is 7.05 Å². The number of carbonyl (C=O) groups excluding carboxylic acids is 2. The Hall–Kier alpha value is -2.35. The van der Waals surface area contributed by atoms with Gasteiger partial charge in [-0.05, 0) is 31.2 Å². The van der Waals surface area contributed by atoms with Gasteiger partial charge in [-0.15, -0.1) is 0 Å². The lowest BCUT2D eigenvalue weighted by Crippen LogP contribution is -2.51. The predicted octanol–water partition coefficient (Wildman–Crippen LogP) is 3.73. The molecular weight excluding hydrogens is 340 g/mol. The highest BCUT2D eigenvalue weighted by Crippen LogP contribution is 2.42. The number of nitrogens with zero attached hydrogens (tertiary/aromatic N) is 2. The molecule has 5 nitrogen and oxygen atoms in total. The van der Waals surface area contributed by atoms with Crippen LogP contribution >= 0.6 is 0 Å². The van der Waals surface area contributed by atoms with Crippen molar-refractivity contribution in [2.45, 2.75) is 68.7 Å². The maximum atomic E-state index is 13.0. The second-order valence-electron chi connectivity index (χ2n) is 7.89. The maximum Gasteiger partial charge on any atom is 0.317 e. The Morgan fingerprint density at radius 2 is 1.63 bits per heavy atom. The Morgan fingerprint density at radius 1 is 1.04 bits per heavy atom. The summed E-state index contributed by atoms with van der Waals surface area (Å²) in [5.74, 6) is -0.615. The van der Waals surface area contributed by atoms with Crippen LogP contribution in [0.1, 0.15) is 63.4 Å². The van der Waals surface area contributed by atoms with Crippen LogP contribution in [0.5, 0.6) is 0 Å². The number of rotatable bonds is 5. The van der Waals surface area contributed by atoms with E-state index in [4.69, 9.17) is 4.74 Å². The van der Waals surface area contributed by atoms with Crippen molar-refractivity contribution in [1.82, 2.24) is 4.90 Å². The monoisotopic (exact) mass is 368 g/mol. The fourth-order valence-electron chi connectivity index (χ4n) is 4.61. The first-order chi connectivity index (χ1) is 13.0. The number of ether oxygens (including phenoxy) is 1. The number of esters is 1. The zero-order valence-corrected chi connectivity index (χ0v) is 16.1. The lowest BCUT2D eigenvalue weighted by Gasteiger charge is -2.39. The first-order valence-corrected chi connectivity index (χ1v) is 9.95. The Balaban J connectivity index is 1.67. The van der Waals surface area contributed by atoms with E-state index in [0.717, 1.165) is 50.5 Å². The quantitative estimate of drug-likeness (QED) is 0.743. The van der Waals surface area contributed by atoms with Crippen molar-refractivity contribution in [1.29, 1.82) is 5.26 Å². The van der Waals surface area contributed by atoms with Crippen LogP contribution in [0.25, 0.3) is 0 Å². The molecule has 27 heavy (non-hydrogen) atoms. The summed E-state index contributed by atoms with van der Waals surface area (Å²) in [5.41, 5.74) is -0.432. The van der Waals surface area contributed by atoms with Crippen LogP contribution in [0.3, 0.4) is 0 Å². The summed E-state index contributed by atoms with van der Waals surface area (Å²) in [6.07, 6.45) is 7.83. The molecule has 2 saturated carbocycles. The number of amides is 1. The second kappa shape index (κ2) is 8.12. The molecule has 5 heteroatoms. The van der Waals surface area contributed by atoms with Crippen molar-refractivity contribution >= 4 is 11.9 Å². The summed E-state index contributed by atoms with van der Waals surface area (Å²) in [7, 11) is 1.66. The number of carbonyl (C=O) groups is 2. The summed E-state index contributed by atoms with van der Waals surface area (Å²) in [5, 5.41) is 9.65. The van der Waals surface area contributed by atoms with Crippen molar-refractivity contribution in [2.24, 2.45) is 0 Å². The zero-order chi connectivity index (χ0) is 19.3. The summed E-state index contributed by atoms with van der Waals surface area (Å²) >= 11 is 0. The number of hydrogen-bond donors (Lipinski definition) is 0. The minimum absolute atomic E-state index is 0.298. The molecule has 0 N–H and O–H groups in total. The third kappa shape index (κ3) is 3.71. The molecule has 0 heterocycles. The molecule has 0 aromatic heterocycles. The van der Waals surface area contributed by atoms with Crippen molar-refractivity contribution in [3.8, 4) is 6.07 Å². The molecule has 144 valence electrons. The molecular formula is C22H28N2O3. The second-order valence-corrected chi connectivity index (χ2v) is 7.89. The summed E-state index contributed by atoms with van der Waals surface area (Å²) in [4.78, 5) is 27.1. The van der Waals surface area contributed by atoms with Gasteiger partial charge in [-0.2, -0.15) is 5.26 Å². The van der Waals surface area contributed by atoms with Crippen molar-refractivity contribution < 1.29 is 14.3 Å². The van der Waals surface area contributed by atoms with E-state index in [1.165, 1.54) is 4.90 Å². The Bertz CT molecular complexity index is 711. The van der Waals surface area contributed by atoms with E-state index in [0.29, 0.717) is 12.8 Å². The molecule has 1 aromatic carbocycles. The minimum Gasteiger partial charge on any atom is -0.455 e. The van der Waals surface area contributed by atoms with Crippen LogP contribution < -0.4 is 0 Å². The van der Waals surface area contributed by atoms with E-state index in [2.05, 4.69) is 6.07 Å². The number of likely N-dealkylation sites (N-methyl/N-ethyl adjacent to an activating group) is 1. The molecule has 0 spiro atoms. The average molecular weight is 368 g/mol. The molecule has 0 unspecified atom stereocenters. The predicted molar refractivity (Wildman–Crippen MR) is 102 cm³/mol. The van der Waals surface area contributed by atoms with Gasteiger partial charge in [0.15, 0.2) is 6.61 Å². The lowest BCUT2D eigenvalue weighted by atomic mass is 9.79. The molecule has 0 aliphatic heterocycles. The molecule has 0 saturated heterocycles. The van der Waals surface area contributed by atoms with Gasteiger partial charge in [0.25, 0.3) is 5.91 Å². The first kappa shape index (κ1) is 19.4. The van der Waals surface area contributed by atoms with Crippen LogP contribution in [-0.4, -0.2) is 36.0 Å². The lowest BCUT2D eigenvalue weighted by molar-refractivity contribution is -0.158. The van der Waals surface area contributed by atoms with Gasteiger partial charge in [0.1, 0.15) is 5.54 Å². The Labute approximate surface area is 161 Å². The van der Waals surface area contributed by atoms with Crippen molar-refractivity contribution in [3.05, 3.63) is 35.9 Å². The average Bonchev–Trinajstić information content (AvgIpc) is 3.23. The van der Waals surface area contributed by atoms with Gasteiger partial charge in [-0.25, -0.2) is 0 Å². The summed E-state index contributed by atoms with van der Waals surface area (Å²) in [6.45, 7) is -0.298. The minimum atomic E-state index is -0.758. The van der Waals surface area contributed by atoms with Gasteiger partial charge < -0.3 is 9.64 Å². The molecule has 3 rings (SSSR count). The van der Waals surface area contributed by atoms with Crippen molar-refractivity contribution in [3.63, 3.8) is 0 Å². The van der Waals surface area contributed by atoms with Crippen LogP contribution in [-0.2, 0) is 19.7 Å². The van der Waals surface area contributed by atoms with Gasteiger partial charge in [-0.1, -0.05) is 62.4 Å². The normalized spacial score (nSPS) is 20.4. The number of nitriles is 1. The van der Waals surface area contributed by atoms with Crippen LogP contribution in [0, 0.1) is 11.3 Å². The largest absolute Gasteiger partial charge is 0.455 e. The van der Waals surface area contributed by atoms with Crippen LogP contribution in [0.15, 0.2) is 30.3 Å². The summed E-state index contributed by atoms with van der Waals surface area (Å²) < 4.78 is 5.51. The smallest absolute Gasteiger partial charge is 0.317 e. The molecule has 0 radical (unpaired) electrons. The topological polar surface area (TPSA) is 70.4 Å². The van der Waals surface area contributed by atoms with Gasteiger partial charge in [0, 0.05) is 7.05 Å². The van der Waals surface area contributed by atoms with Gasteiger partial charge in [-0.3, -0.25) is 9.59 Å². The highest BCUT2D eigenvalue weighted by Gasteiger charge is 2.45. The highest BCUT2D eigenvalue weighted by molar-refractivity contribution is 5.87. The maximum absolute atomic E-state index is 13.0. The summed E-state index contributed by atoms with van der Waals surface area (Å²) in [6, 6.07) is 12.1. The molecule has 1 amide bonds. The molecule has 0 bridgehead atoms. The Morgan fingerprint density at radius 3 is 2.22 bits per heavy atom. The van der Waals surface area contributed by atoms with Gasteiger partial charge in [0.2, 0.25) is 0 Å². The SMILES string of the molecule is CN(C(=O)COC(=O)C1(c2ccccc2)CCCC1)C1(C#N)CCCCC1. The highest BCUT2D eigenvalue weighted by atomic mass is 16.5. The fourth-order valence-corrected chi connectivity index (χ4v) is 4.61. The molecule has 2 fully saturated rings. The van der Waals surface area contributed by atoms with E-state index in [1.807, 2.05) is 30.3 Å². The zero-order valence-electron chi connectivity index (χ0n) is 16.1. The molecule has 2 aliphatic carbocycles. The molecule has 2 aliphatic rings. The van der Waals surface area contributed by atoms with Crippen LogP contribution in [0.4, 0.5) is 0 Å². The van der Waals surface area contributed by atoms with Gasteiger partial charge >= 0.3 is 5.97 Å². The standard InChI is InChI=1S/C22H28N2O3/c1-24(21(17-23)12-6-3-7-13-21)19(25)16-27-20(26)22(14-8-9-15-22)18-10-4-2-5-11-18/h2,4-5,10-11H,3,6-9,12-16H2,1H3. The van der Waals surface area contributed by atoms with Crippen LogP contribution in [0.2, 0.25) is 0 Å². The number of hydrogen-bond acceptors (Lipinski definition) is 4. The number of benzene rings is 1. The van der Waals surface area contributed by atoms with E-state index < -0.39 is 11.0 Å². The van der Waals surface area contributed by atoms with E-state index in [-0.39, 0.29) is 18.5 Å². The molecule has 1 aromatic rings. The van der Waals surface area contributed by atoms with E-state index >= 15 is 0 Å². The molecule has 0 atom stereocenters. The van der Waals surface area contributed by atoms with E-state index in [9.17, 15) is 14.9 Å². The third-order valence-corrected chi connectivity index (χ3v) is 6.41. The Kier molecular flexibility index (Phi) is 5.84. The fraction of sp³-hybridized carbons (Fsp3) is 0.591. The third-order valence-electron chi connectivity index (χ3n) is 6.41. The van der Waals surface area contributed by atoms with Crippen molar-refractivity contribution in [2.75, 3.05) is 13.7 Å².